The van der Waals surface area contributed by atoms with E-state index in [0.717, 1.165) is 36.5 Å². The monoisotopic (exact) mass is 345 g/mol. The standard InChI is InChI=1S/C20H24ClNO2/c1-22(15-8-13-10-16(23)11-14(13)9-15)12-17-6-7-20(24-17)18-4-2-3-5-19(18)21/h2-7,13-16,23H,8-12H2,1H3/t13-,14+,15?,16?. The van der Waals surface area contributed by atoms with Crippen molar-refractivity contribution in [3.63, 3.8) is 0 Å². The lowest BCUT2D eigenvalue weighted by molar-refractivity contribution is 0.155. The van der Waals surface area contributed by atoms with Crippen LogP contribution in [0.2, 0.25) is 5.02 Å². The molecule has 1 aromatic carbocycles. The average Bonchev–Trinajstić information content (AvgIpc) is 3.22. The maximum absolute atomic E-state index is 9.79. The Kier molecular flexibility index (Phi) is 4.42. The van der Waals surface area contributed by atoms with Gasteiger partial charge in [0.15, 0.2) is 0 Å². The van der Waals surface area contributed by atoms with Gasteiger partial charge in [0.25, 0.3) is 0 Å². The third-order valence-corrected chi connectivity index (χ3v) is 6.13. The first kappa shape index (κ1) is 16.2. The van der Waals surface area contributed by atoms with Crippen LogP contribution in [0, 0.1) is 11.8 Å². The number of fused-ring (bicyclic) bond motifs is 1. The highest BCUT2D eigenvalue weighted by molar-refractivity contribution is 6.33. The van der Waals surface area contributed by atoms with Gasteiger partial charge in [0.05, 0.1) is 17.7 Å². The molecule has 0 spiro atoms. The van der Waals surface area contributed by atoms with Crippen molar-refractivity contribution < 1.29 is 9.52 Å². The second kappa shape index (κ2) is 6.55. The van der Waals surface area contributed by atoms with Crippen molar-refractivity contribution in [2.45, 2.75) is 44.4 Å². The molecule has 1 aromatic heterocycles. The van der Waals surface area contributed by atoms with Crippen LogP contribution >= 0.6 is 11.6 Å². The van der Waals surface area contributed by atoms with E-state index in [-0.39, 0.29) is 6.10 Å². The summed E-state index contributed by atoms with van der Waals surface area (Å²) in [4.78, 5) is 2.40. The molecule has 0 aliphatic heterocycles. The van der Waals surface area contributed by atoms with E-state index in [4.69, 9.17) is 16.0 Å². The van der Waals surface area contributed by atoms with Crippen LogP contribution < -0.4 is 0 Å². The SMILES string of the molecule is CN(Cc1ccc(-c2ccccc2Cl)o1)C1C[C@H]2CC(O)C[C@H]2C1. The van der Waals surface area contributed by atoms with Gasteiger partial charge in [-0.15, -0.1) is 0 Å². The van der Waals surface area contributed by atoms with E-state index in [1.54, 1.807) is 0 Å². The molecule has 0 amide bonds. The minimum atomic E-state index is -0.0606. The molecule has 1 N–H and O–H groups in total. The smallest absolute Gasteiger partial charge is 0.135 e. The summed E-state index contributed by atoms with van der Waals surface area (Å²) in [7, 11) is 2.18. The fraction of sp³-hybridized carbons (Fsp3) is 0.500. The van der Waals surface area contributed by atoms with Crippen LogP contribution in [0.15, 0.2) is 40.8 Å². The number of hydrogen-bond donors (Lipinski definition) is 1. The first-order chi connectivity index (χ1) is 11.6. The molecule has 24 heavy (non-hydrogen) atoms. The Hall–Kier alpha value is -1.29. The number of halogens is 1. The summed E-state index contributed by atoms with van der Waals surface area (Å²) in [5, 5.41) is 10.5. The second-order valence-electron chi connectivity index (χ2n) is 7.43. The molecule has 2 aromatic rings. The average molecular weight is 346 g/mol. The number of nitrogens with zero attached hydrogens (tertiary/aromatic N) is 1. The molecule has 4 heteroatoms. The van der Waals surface area contributed by atoms with Crippen LogP contribution in [0.1, 0.15) is 31.4 Å². The lowest BCUT2D eigenvalue weighted by atomic mass is 10.0. The Morgan fingerprint density at radius 1 is 1.08 bits per heavy atom. The molecular weight excluding hydrogens is 322 g/mol. The molecule has 2 unspecified atom stereocenters. The predicted octanol–water partition coefficient (Wildman–Crippen LogP) is 4.58. The van der Waals surface area contributed by atoms with Crippen LogP contribution in [-0.4, -0.2) is 29.2 Å². The highest BCUT2D eigenvalue weighted by atomic mass is 35.5. The molecule has 0 saturated heterocycles. The van der Waals surface area contributed by atoms with E-state index in [1.807, 2.05) is 30.3 Å². The summed E-state index contributed by atoms with van der Waals surface area (Å²) in [5.41, 5.74) is 0.942. The molecule has 3 nitrogen and oxygen atoms in total. The van der Waals surface area contributed by atoms with Gasteiger partial charge in [-0.05, 0) is 68.8 Å². The topological polar surface area (TPSA) is 36.6 Å². The lowest BCUT2D eigenvalue weighted by Gasteiger charge is -2.24. The lowest BCUT2D eigenvalue weighted by Crippen LogP contribution is -2.29. The van der Waals surface area contributed by atoms with Crippen molar-refractivity contribution in [2.75, 3.05) is 7.05 Å². The molecule has 0 bridgehead atoms. The quantitative estimate of drug-likeness (QED) is 0.881. The summed E-state index contributed by atoms with van der Waals surface area (Å²) in [6, 6.07) is 12.4. The van der Waals surface area contributed by atoms with Gasteiger partial charge >= 0.3 is 0 Å². The summed E-state index contributed by atoms with van der Waals surface area (Å²) >= 11 is 6.25. The summed E-state index contributed by atoms with van der Waals surface area (Å²) in [6.07, 6.45) is 4.33. The number of benzene rings is 1. The van der Waals surface area contributed by atoms with Crippen LogP contribution in [0.25, 0.3) is 11.3 Å². The molecule has 4 atom stereocenters. The predicted molar refractivity (Wildman–Crippen MR) is 95.9 cm³/mol. The van der Waals surface area contributed by atoms with Crippen LogP contribution in [0.4, 0.5) is 0 Å². The van der Waals surface area contributed by atoms with Crippen LogP contribution in [0.5, 0.6) is 0 Å². The van der Waals surface area contributed by atoms with E-state index in [0.29, 0.717) is 22.9 Å². The summed E-state index contributed by atoms with van der Waals surface area (Å²) in [5.74, 6) is 3.23. The molecular formula is C20H24ClNO2. The summed E-state index contributed by atoms with van der Waals surface area (Å²) < 4.78 is 6.03. The van der Waals surface area contributed by atoms with Gasteiger partial charge < -0.3 is 9.52 Å². The van der Waals surface area contributed by atoms with E-state index < -0.39 is 0 Å². The largest absolute Gasteiger partial charge is 0.460 e. The van der Waals surface area contributed by atoms with Crippen molar-refractivity contribution in [1.29, 1.82) is 0 Å². The van der Waals surface area contributed by atoms with Crippen LogP contribution in [0.3, 0.4) is 0 Å². The molecule has 128 valence electrons. The van der Waals surface area contributed by atoms with E-state index >= 15 is 0 Å². The third-order valence-electron chi connectivity index (χ3n) is 5.80. The minimum Gasteiger partial charge on any atom is -0.460 e. The molecule has 2 aliphatic carbocycles. The first-order valence-corrected chi connectivity index (χ1v) is 9.20. The van der Waals surface area contributed by atoms with Crippen LogP contribution in [-0.2, 0) is 6.54 Å². The number of furan rings is 1. The Labute approximate surface area is 148 Å². The Morgan fingerprint density at radius 3 is 2.50 bits per heavy atom. The van der Waals surface area contributed by atoms with Crippen molar-refractivity contribution >= 4 is 11.6 Å². The number of rotatable bonds is 4. The zero-order valence-electron chi connectivity index (χ0n) is 14.0. The Morgan fingerprint density at radius 2 is 1.79 bits per heavy atom. The first-order valence-electron chi connectivity index (χ1n) is 8.82. The minimum absolute atomic E-state index is 0.0606. The normalized spacial score (nSPS) is 29.3. The fourth-order valence-electron chi connectivity index (χ4n) is 4.56. The van der Waals surface area contributed by atoms with Gasteiger partial charge in [-0.1, -0.05) is 23.7 Å². The molecule has 0 radical (unpaired) electrons. The molecule has 1 heterocycles. The number of aliphatic hydroxyl groups excluding tert-OH is 1. The van der Waals surface area contributed by atoms with Gasteiger partial charge in [-0.25, -0.2) is 0 Å². The molecule has 4 rings (SSSR count). The van der Waals surface area contributed by atoms with Gasteiger partial charge in [0.2, 0.25) is 0 Å². The zero-order valence-corrected chi connectivity index (χ0v) is 14.7. The maximum atomic E-state index is 9.79. The molecule has 2 fully saturated rings. The van der Waals surface area contributed by atoms with Gasteiger partial charge in [0, 0.05) is 11.6 Å². The van der Waals surface area contributed by atoms with Crippen molar-refractivity contribution in [2.24, 2.45) is 11.8 Å². The molecule has 2 aliphatic rings. The van der Waals surface area contributed by atoms with Gasteiger partial charge in [0.1, 0.15) is 11.5 Å². The maximum Gasteiger partial charge on any atom is 0.135 e. The zero-order chi connectivity index (χ0) is 16.7. The van der Waals surface area contributed by atoms with Gasteiger partial charge in [-0.2, -0.15) is 0 Å². The Bertz CT molecular complexity index is 699. The Balaban J connectivity index is 1.41. The number of hydrogen-bond acceptors (Lipinski definition) is 3. The fourth-order valence-corrected chi connectivity index (χ4v) is 4.78. The van der Waals surface area contributed by atoms with E-state index in [2.05, 4.69) is 18.0 Å². The van der Waals surface area contributed by atoms with E-state index in [9.17, 15) is 5.11 Å². The number of aliphatic hydroxyl groups is 1. The van der Waals surface area contributed by atoms with E-state index in [1.165, 1.54) is 12.8 Å². The van der Waals surface area contributed by atoms with Crippen molar-refractivity contribution in [1.82, 2.24) is 4.90 Å². The third kappa shape index (κ3) is 3.13. The second-order valence-corrected chi connectivity index (χ2v) is 7.84. The highest BCUT2D eigenvalue weighted by Crippen LogP contribution is 2.45. The molecule has 2 saturated carbocycles. The summed E-state index contributed by atoms with van der Waals surface area (Å²) in [6.45, 7) is 0.817. The van der Waals surface area contributed by atoms with Crippen molar-refractivity contribution in [3.05, 3.63) is 47.2 Å². The van der Waals surface area contributed by atoms with Crippen molar-refractivity contribution in [3.8, 4) is 11.3 Å². The van der Waals surface area contributed by atoms with Gasteiger partial charge in [-0.3, -0.25) is 4.90 Å². The highest BCUT2D eigenvalue weighted by Gasteiger charge is 2.42.